The lowest BCUT2D eigenvalue weighted by Gasteiger charge is -2.45. The fourth-order valence-corrected chi connectivity index (χ4v) is 4.52. The molecule has 132 valence electrons. The van der Waals surface area contributed by atoms with E-state index in [1.165, 1.54) is 19.3 Å². The van der Waals surface area contributed by atoms with E-state index in [0.29, 0.717) is 29.4 Å². The van der Waals surface area contributed by atoms with Gasteiger partial charge < -0.3 is 20.5 Å². The number of hydrogen-bond acceptors (Lipinski definition) is 4. The van der Waals surface area contributed by atoms with E-state index in [4.69, 9.17) is 15.2 Å². The summed E-state index contributed by atoms with van der Waals surface area (Å²) in [6.45, 7) is 0. The van der Waals surface area contributed by atoms with Crippen LogP contribution in [0.3, 0.4) is 0 Å². The van der Waals surface area contributed by atoms with Crippen LogP contribution in [-0.4, -0.2) is 32.2 Å². The standard InChI is InChI=1S/C19H28N2O3/c1-23-16-7-4-8-17(24-2)15(16)11-18(22)21-19-12-5-3-6-13(19)10-14(20)9-12/h4,7-8,12-14,19H,3,5-6,9-11,20H2,1-2H3,(H,21,22). The van der Waals surface area contributed by atoms with E-state index in [-0.39, 0.29) is 18.4 Å². The minimum atomic E-state index is 0.0372. The largest absolute Gasteiger partial charge is 0.496 e. The number of carbonyl (C=O) groups excluding carboxylic acids is 1. The molecule has 0 aliphatic heterocycles. The van der Waals surface area contributed by atoms with Gasteiger partial charge in [0.25, 0.3) is 0 Å². The maximum absolute atomic E-state index is 12.7. The van der Waals surface area contributed by atoms with Gasteiger partial charge in [-0.15, -0.1) is 0 Å². The van der Waals surface area contributed by atoms with E-state index in [1.54, 1.807) is 14.2 Å². The van der Waals surface area contributed by atoms with Gasteiger partial charge in [0.2, 0.25) is 5.91 Å². The van der Waals surface area contributed by atoms with Crippen molar-refractivity contribution < 1.29 is 14.3 Å². The Hall–Kier alpha value is -1.75. The van der Waals surface area contributed by atoms with Crippen LogP contribution < -0.4 is 20.5 Å². The van der Waals surface area contributed by atoms with Crippen molar-refractivity contribution in [3.8, 4) is 11.5 Å². The second kappa shape index (κ2) is 7.43. The number of nitrogens with two attached hydrogens (primary N) is 1. The van der Waals surface area contributed by atoms with E-state index in [2.05, 4.69) is 5.32 Å². The van der Waals surface area contributed by atoms with Crippen LogP contribution >= 0.6 is 0 Å². The molecule has 3 N–H and O–H groups in total. The summed E-state index contributed by atoms with van der Waals surface area (Å²) in [4.78, 5) is 12.7. The van der Waals surface area contributed by atoms with E-state index in [1.807, 2.05) is 18.2 Å². The van der Waals surface area contributed by atoms with Gasteiger partial charge in [0.1, 0.15) is 11.5 Å². The van der Waals surface area contributed by atoms with Crippen molar-refractivity contribution >= 4 is 5.91 Å². The first-order valence-electron chi connectivity index (χ1n) is 8.87. The monoisotopic (exact) mass is 332 g/mol. The minimum absolute atomic E-state index is 0.0372. The van der Waals surface area contributed by atoms with Crippen molar-refractivity contribution in [2.75, 3.05) is 14.2 Å². The fourth-order valence-electron chi connectivity index (χ4n) is 4.52. The molecule has 1 aromatic rings. The van der Waals surface area contributed by atoms with Crippen LogP contribution in [-0.2, 0) is 11.2 Å². The van der Waals surface area contributed by atoms with Gasteiger partial charge in [-0.1, -0.05) is 12.5 Å². The number of hydrogen-bond donors (Lipinski definition) is 2. The third-order valence-electron chi connectivity index (χ3n) is 5.57. The molecule has 1 amide bonds. The number of nitrogens with one attached hydrogen (secondary N) is 1. The Morgan fingerprint density at radius 1 is 1.17 bits per heavy atom. The normalized spacial score (nSPS) is 29.0. The van der Waals surface area contributed by atoms with Gasteiger partial charge in [0.05, 0.1) is 20.6 Å². The highest BCUT2D eigenvalue weighted by atomic mass is 16.5. The smallest absolute Gasteiger partial charge is 0.224 e. The molecule has 2 aliphatic rings. The van der Waals surface area contributed by atoms with Gasteiger partial charge in [0.15, 0.2) is 0 Å². The fraction of sp³-hybridized carbons (Fsp3) is 0.632. The Bertz CT molecular complexity index is 554. The molecule has 2 unspecified atom stereocenters. The predicted octanol–water partition coefficient (Wildman–Crippen LogP) is 2.27. The highest BCUT2D eigenvalue weighted by molar-refractivity contribution is 5.80. The van der Waals surface area contributed by atoms with E-state index in [9.17, 15) is 4.79 Å². The van der Waals surface area contributed by atoms with Gasteiger partial charge in [-0.2, -0.15) is 0 Å². The number of rotatable bonds is 5. The molecule has 5 nitrogen and oxygen atoms in total. The van der Waals surface area contributed by atoms with Crippen LogP contribution in [0.2, 0.25) is 0 Å². The number of methoxy groups -OCH3 is 2. The van der Waals surface area contributed by atoms with Crippen molar-refractivity contribution in [1.29, 1.82) is 0 Å². The zero-order valence-electron chi connectivity index (χ0n) is 14.6. The molecule has 2 saturated carbocycles. The van der Waals surface area contributed by atoms with Crippen molar-refractivity contribution in [1.82, 2.24) is 5.32 Å². The molecule has 0 saturated heterocycles. The summed E-state index contributed by atoms with van der Waals surface area (Å²) in [7, 11) is 3.23. The van der Waals surface area contributed by atoms with E-state index >= 15 is 0 Å². The molecule has 3 rings (SSSR count). The van der Waals surface area contributed by atoms with Crippen LogP contribution in [0.15, 0.2) is 18.2 Å². The van der Waals surface area contributed by atoms with E-state index in [0.717, 1.165) is 18.4 Å². The maximum Gasteiger partial charge on any atom is 0.224 e. The molecule has 24 heavy (non-hydrogen) atoms. The van der Waals surface area contributed by atoms with E-state index < -0.39 is 0 Å². The number of benzene rings is 1. The Labute approximate surface area is 143 Å². The summed E-state index contributed by atoms with van der Waals surface area (Å²) in [6.07, 6.45) is 5.93. The average molecular weight is 332 g/mol. The van der Waals surface area contributed by atoms with Crippen molar-refractivity contribution in [2.24, 2.45) is 17.6 Å². The number of carbonyl (C=O) groups is 1. The number of ether oxygens (including phenoxy) is 2. The predicted molar refractivity (Wildman–Crippen MR) is 93.2 cm³/mol. The molecular formula is C19H28N2O3. The lowest BCUT2D eigenvalue weighted by atomic mass is 9.67. The minimum Gasteiger partial charge on any atom is -0.496 e. The Morgan fingerprint density at radius 3 is 2.29 bits per heavy atom. The molecule has 5 heteroatoms. The van der Waals surface area contributed by atoms with Gasteiger partial charge in [0, 0.05) is 17.6 Å². The number of fused-ring (bicyclic) bond motifs is 2. The first-order valence-corrected chi connectivity index (χ1v) is 8.87. The summed E-state index contributed by atoms with van der Waals surface area (Å²) < 4.78 is 10.8. The summed E-state index contributed by atoms with van der Waals surface area (Å²) in [5.41, 5.74) is 6.98. The summed E-state index contributed by atoms with van der Waals surface area (Å²) in [5.74, 6) is 2.47. The third-order valence-corrected chi connectivity index (χ3v) is 5.57. The summed E-state index contributed by atoms with van der Waals surface area (Å²) >= 11 is 0. The molecule has 1 aromatic carbocycles. The molecule has 2 atom stereocenters. The molecule has 0 aromatic heterocycles. The highest BCUT2D eigenvalue weighted by Crippen LogP contribution is 2.39. The Kier molecular flexibility index (Phi) is 5.29. The first-order chi connectivity index (χ1) is 11.6. The Balaban J connectivity index is 1.70. The number of amides is 1. The van der Waals surface area contributed by atoms with Crippen LogP contribution in [0, 0.1) is 11.8 Å². The lowest BCUT2D eigenvalue weighted by Crippen LogP contribution is -2.54. The molecule has 2 bridgehead atoms. The second-order valence-corrected chi connectivity index (χ2v) is 7.09. The zero-order valence-corrected chi connectivity index (χ0v) is 14.6. The van der Waals surface area contributed by atoms with Crippen LogP contribution in [0.1, 0.15) is 37.7 Å². The lowest BCUT2D eigenvalue weighted by molar-refractivity contribution is -0.122. The molecule has 0 heterocycles. The van der Waals surface area contributed by atoms with Crippen LogP contribution in [0.25, 0.3) is 0 Å². The Morgan fingerprint density at radius 2 is 1.75 bits per heavy atom. The SMILES string of the molecule is COc1cccc(OC)c1CC(=O)NC1C2CCCC1CC(N)C2. The molecular weight excluding hydrogens is 304 g/mol. The molecule has 2 fully saturated rings. The van der Waals surface area contributed by atoms with Gasteiger partial charge >= 0.3 is 0 Å². The molecule has 2 aliphatic carbocycles. The molecule has 0 spiro atoms. The molecule has 0 radical (unpaired) electrons. The zero-order chi connectivity index (χ0) is 17.1. The maximum atomic E-state index is 12.7. The topological polar surface area (TPSA) is 73.6 Å². The average Bonchev–Trinajstić information content (AvgIpc) is 2.56. The van der Waals surface area contributed by atoms with Crippen molar-refractivity contribution in [2.45, 2.75) is 50.6 Å². The third kappa shape index (κ3) is 3.51. The quantitative estimate of drug-likeness (QED) is 0.867. The van der Waals surface area contributed by atoms with Crippen molar-refractivity contribution in [3.05, 3.63) is 23.8 Å². The summed E-state index contributed by atoms with van der Waals surface area (Å²) in [6, 6.07) is 6.15. The van der Waals surface area contributed by atoms with Gasteiger partial charge in [-0.3, -0.25) is 4.79 Å². The second-order valence-electron chi connectivity index (χ2n) is 7.09. The van der Waals surface area contributed by atoms with Crippen molar-refractivity contribution in [3.63, 3.8) is 0 Å². The first kappa shape index (κ1) is 17.1. The summed E-state index contributed by atoms with van der Waals surface area (Å²) in [5, 5.41) is 3.29. The van der Waals surface area contributed by atoms with Gasteiger partial charge in [-0.05, 0) is 49.7 Å². The van der Waals surface area contributed by atoms with Crippen LogP contribution in [0.4, 0.5) is 0 Å². The highest BCUT2D eigenvalue weighted by Gasteiger charge is 2.39. The van der Waals surface area contributed by atoms with Crippen LogP contribution in [0.5, 0.6) is 11.5 Å². The van der Waals surface area contributed by atoms with Gasteiger partial charge in [-0.25, -0.2) is 0 Å².